The fourth-order valence-corrected chi connectivity index (χ4v) is 5.25. The molecule has 6 nitrogen and oxygen atoms in total. The van der Waals surface area contributed by atoms with E-state index in [-0.39, 0.29) is 6.04 Å². The van der Waals surface area contributed by atoms with Gasteiger partial charge in [-0.2, -0.15) is 4.68 Å². The van der Waals surface area contributed by atoms with E-state index in [2.05, 4.69) is 119 Å². The van der Waals surface area contributed by atoms with Crippen LogP contribution in [0.2, 0.25) is 0 Å². The Balaban J connectivity index is 1.55. The van der Waals surface area contributed by atoms with Crippen LogP contribution >= 0.6 is 0 Å². The molecule has 0 aliphatic carbocycles. The SMILES string of the molecule is Cc1cccc(C)c1-n1nnnc1C(NCCc1ccccn1)c1c2ccccc2cc2ccccc12. The largest absolute Gasteiger partial charge is 0.303 e. The second-order valence-electron chi connectivity index (χ2n) is 9.38. The number of para-hydroxylation sites is 1. The van der Waals surface area contributed by atoms with Gasteiger partial charge in [-0.15, -0.1) is 5.10 Å². The Labute approximate surface area is 216 Å². The first-order chi connectivity index (χ1) is 18.2. The first-order valence-corrected chi connectivity index (χ1v) is 12.6. The molecule has 1 N–H and O–H groups in total. The van der Waals surface area contributed by atoms with E-state index in [0.29, 0.717) is 0 Å². The van der Waals surface area contributed by atoms with E-state index in [4.69, 9.17) is 0 Å². The molecular weight excluding hydrogens is 456 g/mol. The highest BCUT2D eigenvalue weighted by atomic mass is 15.5. The Morgan fingerprint density at radius 2 is 1.46 bits per heavy atom. The molecule has 0 amide bonds. The second-order valence-corrected chi connectivity index (χ2v) is 9.38. The Hall–Kier alpha value is -4.42. The molecule has 1 atom stereocenters. The van der Waals surface area contributed by atoms with Crippen molar-refractivity contribution in [2.45, 2.75) is 26.3 Å². The predicted octanol–water partition coefficient (Wildman–Crippen LogP) is 5.90. The number of aromatic nitrogens is 5. The minimum atomic E-state index is -0.242. The maximum Gasteiger partial charge on any atom is 0.178 e. The summed E-state index contributed by atoms with van der Waals surface area (Å²) in [5.41, 5.74) is 5.50. The van der Waals surface area contributed by atoms with Crippen LogP contribution in [0, 0.1) is 13.8 Å². The lowest BCUT2D eigenvalue weighted by Gasteiger charge is -2.23. The van der Waals surface area contributed by atoms with Gasteiger partial charge in [0.25, 0.3) is 0 Å². The number of tetrazole rings is 1. The molecule has 0 aliphatic heterocycles. The van der Waals surface area contributed by atoms with Crippen LogP contribution in [0.3, 0.4) is 0 Å². The second kappa shape index (κ2) is 9.91. The summed E-state index contributed by atoms with van der Waals surface area (Å²) in [6.07, 6.45) is 2.64. The molecule has 0 saturated carbocycles. The summed E-state index contributed by atoms with van der Waals surface area (Å²) < 4.78 is 1.90. The van der Waals surface area contributed by atoms with Gasteiger partial charge in [0, 0.05) is 24.9 Å². The highest BCUT2D eigenvalue weighted by Crippen LogP contribution is 2.36. The Bertz CT molecular complexity index is 1610. The van der Waals surface area contributed by atoms with Crippen LogP contribution in [0.1, 0.15) is 34.3 Å². The van der Waals surface area contributed by atoms with Gasteiger partial charge in [-0.3, -0.25) is 4.98 Å². The number of hydrogen-bond donors (Lipinski definition) is 1. The highest BCUT2D eigenvalue weighted by molar-refractivity contribution is 6.03. The highest BCUT2D eigenvalue weighted by Gasteiger charge is 2.26. The Morgan fingerprint density at radius 1 is 0.784 bits per heavy atom. The van der Waals surface area contributed by atoms with E-state index in [1.807, 2.05) is 23.0 Å². The molecule has 2 aromatic heterocycles. The number of pyridine rings is 1. The van der Waals surface area contributed by atoms with Crippen LogP contribution in [-0.4, -0.2) is 31.7 Å². The van der Waals surface area contributed by atoms with Gasteiger partial charge in [-0.05, 0) is 80.7 Å². The average molecular weight is 485 g/mol. The maximum atomic E-state index is 4.61. The van der Waals surface area contributed by atoms with Crippen LogP contribution in [-0.2, 0) is 6.42 Å². The molecule has 2 heterocycles. The summed E-state index contributed by atoms with van der Waals surface area (Å²) in [4.78, 5) is 4.51. The van der Waals surface area contributed by atoms with Gasteiger partial charge in [0.15, 0.2) is 5.82 Å². The third-order valence-corrected chi connectivity index (χ3v) is 6.96. The summed E-state index contributed by atoms with van der Waals surface area (Å²) in [5, 5.41) is 21.8. The molecule has 182 valence electrons. The van der Waals surface area contributed by atoms with Crippen molar-refractivity contribution in [3.63, 3.8) is 0 Å². The van der Waals surface area contributed by atoms with Crippen LogP contribution in [0.5, 0.6) is 0 Å². The van der Waals surface area contributed by atoms with Crippen molar-refractivity contribution < 1.29 is 0 Å². The number of nitrogens with zero attached hydrogens (tertiary/aromatic N) is 5. The molecule has 6 rings (SSSR count). The molecule has 4 aromatic carbocycles. The number of nitrogens with one attached hydrogen (secondary N) is 1. The van der Waals surface area contributed by atoms with Crippen molar-refractivity contribution in [3.8, 4) is 5.69 Å². The quantitative estimate of drug-likeness (QED) is 0.286. The topological polar surface area (TPSA) is 68.5 Å². The van der Waals surface area contributed by atoms with E-state index < -0.39 is 0 Å². The fourth-order valence-electron chi connectivity index (χ4n) is 5.25. The van der Waals surface area contributed by atoms with E-state index >= 15 is 0 Å². The molecule has 0 aliphatic rings. The van der Waals surface area contributed by atoms with E-state index in [1.165, 1.54) is 27.1 Å². The van der Waals surface area contributed by atoms with Crippen molar-refractivity contribution >= 4 is 21.5 Å². The van der Waals surface area contributed by atoms with Gasteiger partial charge >= 0.3 is 0 Å². The molecule has 0 saturated heterocycles. The zero-order valence-electron chi connectivity index (χ0n) is 21.0. The number of aryl methyl sites for hydroxylation is 2. The monoisotopic (exact) mass is 484 g/mol. The lowest BCUT2D eigenvalue weighted by molar-refractivity contribution is 0.565. The standard InChI is InChI=1S/C31H28N6/c1-21-10-9-11-22(2)30(21)37-31(34-35-36-37)29(33-19-17-25-14-7-8-18-32-25)28-26-15-5-3-12-23(26)20-24-13-4-6-16-27(24)28/h3-16,18,20,29,33H,17,19H2,1-2H3. The minimum absolute atomic E-state index is 0.242. The van der Waals surface area contributed by atoms with E-state index in [9.17, 15) is 0 Å². The molecule has 0 spiro atoms. The minimum Gasteiger partial charge on any atom is -0.303 e. The average Bonchev–Trinajstić information content (AvgIpc) is 3.40. The Morgan fingerprint density at radius 3 is 2.14 bits per heavy atom. The third kappa shape index (κ3) is 4.36. The van der Waals surface area contributed by atoms with Crippen molar-refractivity contribution in [2.24, 2.45) is 0 Å². The first-order valence-electron chi connectivity index (χ1n) is 12.6. The molecule has 0 radical (unpaired) electrons. The van der Waals surface area contributed by atoms with Gasteiger partial charge in [-0.1, -0.05) is 72.8 Å². The maximum absolute atomic E-state index is 4.61. The molecule has 37 heavy (non-hydrogen) atoms. The Kier molecular flexibility index (Phi) is 6.16. The summed E-state index contributed by atoms with van der Waals surface area (Å²) in [7, 11) is 0. The van der Waals surface area contributed by atoms with Crippen LogP contribution < -0.4 is 5.32 Å². The van der Waals surface area contributed by atoms with Crippen LogP contribution in [0.4, 0.5) is 0 Å². The number of rotatable bonds is 7. The molecule has 6 aromatic rings. The fraction of sp³-hybridized carbons (Fsp3) is 0.161. The zero-order valence-corrected chi connectivity index (χ0v) is 21.0. The smallest absolute Gasteiger partial charge is 0.178 e. The molecular formula is C31H28N6. The summed E-state index contributed by atoms with van der Waals surface area (Å²) >= 11 is 0. The summed E-state index contributed by atoms with van der Waals surface area (Å²) in [6, 6.07) is 31.4. The summed E-state index contributed by atoms with van der Waals surface area (Å²) in [5.74, 6) is 0.764. The summed E-state index contributed by atoms with van der Waals surface area (Å²) in [6.45, 7) is 4.92. The molecule has 0 bridgehead atoms. The lowest BCUT2D eigenvalue weighted by atomic mass is 9.91. The van der Waals surface area contributed by atoms with Crippen molar-refractivity contribution in [1.29, 1.82) is 0 Å². The van der Waals surface area contributed by atoms with Crippen molar-refractivity contribution in [1.82, 2.24) is 30.5 Å². The van der Waals surface area contributed by atoms with E-state index in [0.717, 1.165) is 41.3 Å². The van der Waals surface area contributed by atoms with Crippen molar-refractivity contribution in [3.05, 3.63) is 125 Å². The lowest BCUT2D eigenvalue weighted by Crippen LogP contribution is -2.28. The molecule has 1 unspecified atom stereocenters. The number of benzene rings is 4. The number of fused-ring (bicyclic) bond motifs is 2. The van der Waals surface area contributed by atoms with Crippen LogP contribution in [0.15, 0.2) is 97.2 Å². The van der Waals surface area contributed by atoms with Crippen molar-refractivity contribution in [2.75, 3.05) is 6.54 Å². The van der Waals surface area contributed by atoms with Crippen LogP contribution in [0.25, 0.3) is 27.2 Å². The van der Waals surface area contributed by atoms with Gasteiger partial charge in [0.05, 0.1) is 11.7 Å². The predicted molar refractivity (Wildman–Crippen MR) is 148 cm³/mol. The van der Waals surface area contributed by atoms with Gasteiger partial charge in [-0.25, -0.2) is 0 Å². The zero-order chi connectivity index (χ0) is 25.2. The normalized spacial score (nSPS) is 12.3. The third-order valence-electron chi connectivity index (χ3n) is 6.96. The first kappa shape index (κ1) is 23.0. The number of hydrogen-bond acceptors (Lipinski definition) is 5. The van der Waals surface area contributed by atoms with Gasteiger partial charge < -0.3 is 5.32 Å². The van der Waals surface area contributed by atoms with Gasteiger partial charge in [0.1, 0.15) is 0 Å². The molecule has 6 heteroatoms. The van der Waals surface area contributed by atoms with E-state index in [1.54, 1.807) is 0 Å². The molecule has 0 fully saturated rings. The van der Waals surface area contributed by atoms with Gasteiger partial charge in [0.2, 0.25) is 0 Å².